The third kappa shape index (κ3) is 4.26. The standard InChI is InChI=1S/C12H14BrCl2N5O.BrH/c1-12(2)19-10(16)18-11(17)20(12)21-5-6-3-7(13)9(15)4-8(6)14;/h3-4H,5H2,1-2H3,(H4,16,17,18,19);1H. The van der Waals surface area contributed by atoms with Crippen molar-refractivity contribution in [2.24, 2.45) is 21.5 Å². The van der Waals surface area contributed by atoms with E-state index in [2.05, 4.69) is 25.9 Å². The molecule has 1 aromatic carbocycles. The van der Waals surface area contributed by atoms with Crippen LogP contribution in [0.25, 0.3) is 0 Å². The molecule has 0 unspecified atom stereocenters. The number of hydrogen-bond acceptors (Lipinski definition) is 6. The van der Waals surface area contributed by atoms with Crippen LogP contribution in [0.5, 0.6) is 0 Å². The summed E-state index contributed by atoms with van der Waals surface area (Å²) >= 11 is 15.4. The first-order chi connectivity index (χ1) is 9.70. The fourth-order valence-corrected chi connectivity index (χ4v) is 2.65. The van der Waals surface area contributed by atoms with Crippen LogP contribution in [-0.2, 0) is 11.4 Å². The normalized spacial score (nSPS) is 16.7. The maximum Gasteiger partial charge on any atom is 0.226 e. The van der Waals surface area contributed by atoms with Gasteiger partial charge in [0.05, 0.1) is 5.02 Å². The molecule has 0 saturated heterocycles. The van der Waals surface area contributed by atoms with Crippen molar-refractivity contribution in [3.05, 3.63) is 32.2 Å². The summed E-state index contributed by atoms with van der Waals surface area (Å²) in [5.74, 6) is 0.251. The number of nitrogens with two attached hydrogens (primary N) is 2. The highest BCUT2D eigenvalue weighted by atomic mass is 79.9. The smallest absolute Gasteiger partial charge is 0.226 e. The zero-order chi connectivity index (χ0) is 15.8. The number of hydroxylamine groups is 2. The van der Waals surface area contributed by atoms with E-state index in [4.69, 9.17) is 39.5 Å². The summed E-state index contributed by atoms with van der Waals surface area (Å²) in [7, 11) is 0. The van der Waals surface area contributed by atoms with Crippen molar-refractivity contribution in [3.63, 3.8) is 0 Å². The zero-order valence-electron chi connectivity index (χ0n) is 11.8. The minimum absolute atomic E-state index is 0. The monoisotopic (exact) mass is 473 g/mol. The minimum atomic E-state index is -0.758. The second-order valence-corrected chi connectivity index (χ2v) is 6.53. The van der Waals surface area contributed by atoms with Crippen molar-refractivity contribution in [2.45, 2.75) is 26.1 Å². The van der Waals surface area contributed by atoms with Gasteiger partial charge in [-0.05, 0) is 41.9 Å². The Hall–Kier alpha value is -0.540. The molecular formula is C12H15Br2Cl2N5O. The summed E-state index contributed by atoms with van der Waals surface area (Å²) in [5, 5.41) is 2.42. The molecule has 1 aliphatic rings. The molecule has 6 nitrogen and oxygen atoms in total. The van der Waals surface area contributed by atoms with E-state index in [9.17, 15) is 0 Å². The predicted octanol–water partition coefficient (Wildman–Crippen LogP) is 3.45. The molecule has 0 amide bonds. The maximum absolute atomic E-state index is 6.14. The first-order valence-electron chi connectivity index (χ1n) is 5.97. The van der Waals surface area contributed by atoms with Crippen LogP contribution in [0.15, 0.2) is 26.6 Å². The van der Waals surface area contributed by atoms with Crippen LogP contribution in [0.1, 0.15) is 19.4 Å². The molecule has 0 saturated carbocycles. The van der Waals surface area contributed by atoms with Crippen LogP contribution in [0.4, 0.5) is 0 Å². The number of halogens is 4. The summed E-state index contributed by atoms with van der Waals surface area (Å²) in [6.07, 6.45) is 0. The van der Waals surface area contributed by atoms with Gasteiger partial charge in [-0.3, -0.25) is 4.84 Å². The highest BCUT2D eigenvalue weighted by Gasteiger charge is 2.33. The Morgan fingerprint density at radius 3 is 2.50 bits per heavy atom. The predicted molar refractivity (Wildman–Crippen MR) is 98.4 cm³/mol. The van der Waals surface area contributed by atoms with Crippen LogP contribution in [0.3, 0.4) is 0 Å². The molecule has 0 bridgehead atoms. The van der Waals surface area contributed by atoms with E-state index in [1.165, 1.54) is 5.06 Å². The van der Waals surface area contributed by atoms with E-state index in [-0.39, 0.29) is 35.5 Å². The van der Waals surface area contributed by atoms with Crippen molar-refractivity contribution >= 4 is 68.0 Å². The van der Waals surface area contributed by atoms with Crippen molar-refractivity contribution in [1.29, 1.82) is 0 Å². The van der Waals surface area contributed by atoms with E-state index in [1.807, 2.05) is 0 Å². The second-order valence-electron chi connectivity index (χ2n) is 4.86. The van der Waals surface area contributed by atoms with Gasteiger partial charge in [-0.1, -0.05) is 23.2 Å². The number of guanidine groups is 2. The minimum Gasteiger partial charge on any atom is -0.368 e. The molecule has 1 aromatic rings. The molecule has 10 heteroatoms. The first kappa shape index (κ1) is 19.5. The van der Waals surface area contributed by atoms with Gasteiger partial charge < -0.3 is 11.5 Å². The lowest BCUT2D eigenvalue weighted by Crippen LogP contribution is -2.53. The largest absolute Gasteiger partial charge is 0.368 e. The Balaban J connectivity index is 0.00000242. The van der Waals surface area contributed by atoms with Crippen LogP contribution in [0.2, 0.25) is 10.0 Å². The Labute approximate surface area is 157 Å². The number of nitrogens with zero attached hydrogens (tertiary/aromatic N) is 3. The Morgan fingerprint density at radius 1 is 1.27 bits per heavy atom. The third-order valence-electron chi connectivity index (χ3n) is 2.76. The van der Waals surface area contributed by atoms with Gasteiger partial charge in [0.25, 0.3) is 0 Å². The quantitative estimate of drug-likeness (QED) is 0.655. The van der Waals surface area contributed by atoms with Gasteiger partial charge in [0.1, 0.15) is 6.61 Å². The Morgan fingerprint density at radius 2 is 1.91 bits per heavy atom. The summed E-state index contributed by atoms with van der Waals surface area (Å²) in [4.78, 5) is 13.8. The van der Waals surface area contributed by atoms with Crippen LogP contribution < -0.4 is 11.5 Å². The molecule has 0 aromatic heterocycles. The van der Waals surface area contributed by atoms with Crippen molar-refractivity contribution in [1.82, 2.24) is 5.06 Å². The van der Waals surface area contributed by atoms with Gasteiger partial charge in [0.2, 0.25) is 11.9 Å². The lowest BCUT2D eigenvalue weighted by atomic mass is 10.2. The van der Waals surface area contributed by atoms with Gasteiger partial charge in [-0.25, -0.2) is 4.99 Å². The molecule has 0 fully saturated rings. The fourth-order valence-electron chi connectivity index (χ4n) is 1.83. The van der Waals surface area contributed by atoms with E-state index < -0.39 is 5.66 Å². The molecule has 1 aliphatic heterocycles. The van der Waals surface area contributed by atoms with Gasteiger partial charge in [-0.2, -0.15) is 10.1 Å². The molecular weight excluding hydrogens is 461 g/mol. The highest BCUT2D eigenvalue weighted by molar-refractivity contribution is 9.10. The topological polar surface area (TPSA) is 89.2 Å². The van der Waals surface area contributed by atoms with E-state index in [0.29, 0.717) is 10.0 Å². The molecule has 1 heterocycles. The van der Waals surface area contributed by atoms with E-state index in [0.717, 1.165) is 10.0 Å². The first-order valence-corrected chi connectivity index (χ1v) is 7.51. The molecule has 0 radical (unpaired) electrons. The molecule has 2 rings (SSSR count). The van der Waals surface area contributed by atoms with E-state index in [1.54, 1.807) is 26.0 Å². The lowest BCUT2D eigenvalue weighted by Gasteiger charge is -2.36. The number of benzene rings is 1. The van der Waals surface area contributed by atoms with Crippen LogP contribution in [0, 0.1) is 0 Å². The fraction of sp³-hybridized carbons (Fsp3) is 0.333. The maximum atomic E-state index is 6.14. The number of hydrogen-bond donors (Lipinski definition) is 2. The Bertz CT molecular complexity index is 636. The number of rotatable bonds is 3. The molecule has 4 N–H and O–H groups in total. The average Bonchev–Trinajstić information content (AvgIpc) is 2.32. The Kier molecular flexibility index (Phi) is 6.52. The number of aliphatic imine (C=N–C) groups is 2. The highest BCUT2D eigenvalue weighted by Crippen LogP contribution is 2.30. The zero-order valence-corrected chi connectivity index (χ0v) is 16.6. The van der Waals surface area contributed by atoms with E-state index >= 15 is 0 Å². The van der Waals surface area contributed by atoms with Gasteiger partial charge >= 0.3 is 0 Å². The molecule has 22 heavy (non-hydrogen) atoms. The summed E-state index contributed by atoms with van der Waals surface area (Å²) < 4.78 is 0.731. The van der Waals surface area contributed by atoms with Crippen molar-refractivity contribution in [2.75, 3.05) is 0 Å². The lowest BCUT2D eigenvalue weighted by molar-refractivity contribution is -0.166. The van der Waals surface area contributed by atoms with Crippen LogP contribution in [-0.4, -0.2) is 22.6 Å². The van der Waals surface area contributed by atoms with Gasteiger partial charge in [0, 0.05) is 15.1 Å². The van der Waals surface area contributed by atoms with Crippen molar-refractivity contribution in [3.8, 4) is 0 Å². The third-order valence-corrected chi connectivity index (χ3v) is 4.31. The summed E-state index contributed by atoms with van der Waals surface area (Å²) in [5.41, 5.74) is 11.4. The van der Waals surface area contributed by atoms with Crippen LogP contribution >= 0.6 is 56.1 Å². The van der Waals surface area contributed by atoms with Gasteiger partial charge in [0.15, 0.2) is 5.66 Å². The molecule has 0 aliphatic carbocycles. The molecule has 0 atom stereocenters. The average molecular weight is 476 g/mol. The summed E-state index contributed by atoms with van der Waals surface area (Å²) in [6, 6.07) is 3.42. The second kappa shape index (κ2) is 7.35. The molecule has 0 spiro atoms. The summed E-state index contributed by atoms with van der Waals surface area (Å²) in [6.45, 7) is 3.80. The molecule has 122 valence electrons. The van der Waals surface area contributed by atoms with Crippen molar-refractivity contribution < 1.29 is 4.84 Å². The SMILES string of the molecule is Br.CC1(C)N=C(N)N=C(N)N1OCc1cc(Br)c(Cl)cc1Cl. The van der Waals surface area contributed by atoms with Gasteiger partial charge in [-0.15, -0.1) is 17.0 Å².